The molecule has 0 unspecified atom stereocenters. The van der Waals surface area contributed by atoms with Crippen molar-refractivity contribution in [1.29, 1.82) is 0 Å². The third kappa shape index (κ3) is 81.0. The van der Waals surface area contributed by atoms with E-state index < -0.39 is 6.16 Å². The normalized spacial score (nSPS) is 3.00. The van der Waals surface area contributed by atoms with Crippen molar-refractivity contribution in [1.82, 2.24) is 0 Å². The molecule has 0 rings (SSSR count). The molecule has 0 aromatic heterocycles. The zero-order chi connectivity index (χ0) is 3.58. The van der Waals surface area contributed by atoms with Gasteiger partial charge < -0.3 is 37.9 Å². The van der Waals surface area contributed by atoms with Crippen molar-refractivity contribution in [3.8, 4) is 0 Å². The fourth-order valence-electron chi connectivity index (χ4n) is 0. The Hall–Kier alpha value is 2.37. The van der Waals surface area contributed by atoms with Crippen LogP contribution in [0.15, 0.2) is 0 Å². The van der Waals surface area contributed by atoms with E-state index in [9.17, 15) is 0 Å². The first-order valence-electron chi connectivity index (χ1n) is 0.651. The zero-order valence-electron chi connectivity index (χ0n) is 5.97. The van der Waals surface area contributed by atoms with Crippen LogP contribution in [0, 0.1) is 0 Å². The standard InChI is InChI=1S/CH2O3.2Ca.2ClH.2H/c2-1(3)4;;;;;;/h(H2,2,3,4);;;2*1H;;/q;2*+2;;;2*-1/p-2. The maximum atomic E-state index is 8.56. The second-order valence-electron chi connectivity index (χ2n) is 0.283. The van der Waals surface area contributed by atoms with Crippen molar-refractivity contribution in [3.63, 3.8) is 0 Å². The fraction of sp³-hybridized carbons (Fsp3) is 0. The average Bonchev–Trinajstić information content (AvgIpc) is 0.811. The van der Waals surface area contributed by atoms with Gasteiger partial charge in [0, 0.05) is 0 Å². The molecule has 44 valence electrons. The first-order chi connectivity index (χ1) is 1.73. The van der Waals surface area contributed by atoms with Gasteiger partial charge in [-0.05, 0) is 0 Å². The summed E-state index contributed by atoms with van der Waals surface area (Å²) in [5, 5.41) is 13.9. The molecule has 0 radical (unpaired) electrons. The van der Waals surface area contributed by atoms with Gasteiger partial charge in [-0.1, -0.05) is 0 Å². The van der Waals surface area contributed by atoms with Crippen LogP contribution in [-0.4, -0.2) is 91.8 Å². The van der Waals surface area contributed by atoms with Crippen LogP contribution >= 0.6 is 0 Å². The number of hydrogen-bond acceptors (Lipinski definition) is 1. The molecule has 0 atom stereocenters. The second-order valence-corrected chi connectivity index (χ2v) is 0.283. The van der Waals surface area contributed by atoms with Crippen molar-refractivity contribution in [2.75, 3.05) is 0 Å². The number of carboxylic acid groups (broad SMARTS) is 2. The van der Waals surface area contributed by atoms with Crippen molar-refractivity contribution in [2.24, 2.45) is 0 Å². The van der Waals surface area contributed by atoms with Gasteiger partial charge in [0.25, 0.3) is 0 Å². The van der Waals surface area contributed by atoms with E-state index in [1.54, 1.807) is 0 Å². The maximum Gasteiger partial charge on any atom is 2.00 e. The van der Waals surface area contributed by atoms with Crippen LogP contribution in [-0.2, 0) is 0 Å². The van der Waals surface area contributed by atoms with E-state index >= 15 is 0 Å². The Morgan fingerprint density at radius 1 is 1.12 bits per heavy atom. The Labute approximate surface area is 122 Å². The Morgan fingerprint density at radius 3 is 1.12 bits per heavy atom. The van der Waals surface area contributed by atoms with E-state index in [2.05, 4.69) is 0 Å². The second kappa shape index (κ2) is 22.8. The van der Waals surface area contributed by atoms with Crippen LogP contribution in [0.4, 0.5) is 4.79 Å². The van der Waals surface area contributed by atoms with Crippen LogP contribution in [0.3, 0.4) is 0 Å². The molecule has 0 spiro atoms. The Balaban J connectivity index is -0.00000000300. The van der Waals surface area contributed by atoms with E-state index in [1.165, 1.54) is 0 Å². The molecule has 0 aliphatic carbocycles. The monoisotopic (exact) mass is 214 g/mol. The smallest absolute Gasteiger partial charge is 1.00 e. The van der Waals surface area contributed by atoms with Crippen molar-refractivity contribution >= 4 is 81.6 Å². The van der Waals surface area contributed by atoms with Gasteiger partial charge in [-0.15, -0.1) is 0 Å². The van der Waals surface area contributed by atoms with E-state index in [4.69, 9.17) is 15.0 Å². The molecule has 0 fully saturated rings. The molecular formula is CH4Ca2Cl2O3. The molecule has 0 saturated heterocycles. The van der Waals surface area contributed by atoms with Gasteiger partial charge in [-0.25, -0.2) is 4.79 Å². The van der Waals surface area contributed by atoms with Gasteiger partial charge in [0.1, 0.15) is 0 Å². The summed E-state index contributed by atoms with van der Waals surface area (Å²) in [6, 6.07) is 0. The first kappa shape index (κ1) is 31.6. The molecule has 0 aromatic rings. The summed E-state index contributed by atoms with van der Waals surface area (Å²) in [5.41, 5.74) is 0. The molecule has 2 N–H and O–H groups in total. The predicted molar refractivity (Wildman–Crippen MR) is 24.4 cm³/mol. The molecule has 8 heavy (non-hydrogen) atoms. The van der Waals surface area contributed by atoms with E-state index in [0.29, 0.717) is 0 Å². The van der Waals surface area contributed by atoms with Gasteiger partial charge in [0.2, 0.25) is 0 Å². The number of hydrogen-bond donors (Lipinski definition) is 2. The van der Waals surface area contributed by atoms with E-state index in [-0.39, 0.29) is 103 Å². The molecular weight excluding hydrogens is 211 g/mol. The summed E-state index contributed by atoms with van der Waals surface area (Å²) in [5.74, 6) is 0. The quantitative estimate of drug-likeness (QED) is 0.395. The minimum absolute atomic E-state index is 0. The summed E-state index contributed by atoms with van der Waals surface area (Å²) in [6.07, 6.45) is -1.83. The van der Waals surface area contributed by atoms with E-state index in [0.717, 1.165) is 0 Å². The van der Waals surface area contributed by atoms with Gasteiger partial charge in [0.05, 0.1) is 0 Å². The van der Waals surface area contributed by atoms with Crippen molar-refractivity contribution in [3.05, 3.63) is 0 Å². The zero-order valence-corrected chi connectivity index (χ0v) is 9.90. The van der Waals surface area contributed by atoms with E-state index in [1.807, 2.05) is 0 Å². The predicted octanol–water partition coefficient (Wildman–Crippen LogP) is -6.31. The molecule has 0 aliphatic heterocycles. The summed E-state index contributed by atoms with van der Waals surface area (Å²) >= 11 is 0. The molecule has 0 amide bonds. The number of carbonyl (C=O) groups is 1. The molecule has 0 aliphatic rings. The third-order valence-electron chi connectivity index (χ3n) is 0. The Morgan fingerprint density at radius 2 is 1.12 bits per heavy atom. The number of rotatable bonds is 0. The minimum Gasteiger partial charge on any atom is -1.00 e. The molecule has 7 heteroatoms. The Kier molecular flexibility index (Phi) is 89.8. The van der Waals surface area contributed by atoms with Gasteiger partial charge in [0.15, 0.2) is 0 Å². The number of halogens is 2. The largest absolute Gasteiger partial charge is 2.00 e. The minimum atomic E-state index is -1.83. The molecule has 0 saturated carbocycles. The van der Waals surface area contributed by atoms with Gasteiger partial charge >= 0.3 is 81.6 Å². The Bertz CT molecular complexity index is 45.5. The third-order valence-corrected chi connectivity index (χ3v) is 0. The topological polar surface area (TPSA) is 57.5 Å². The molecule has 0 aromatic carbocycles. The molecule has 3 nitrogen and oxygen atoms in total. The van der Waals surface area contributed by atoms with Crippen LogP contribution in [0.5, 0.6) is 0 Å². The van der Waals surface area contributed by atoms with Crippen LogP contribution in [0.1, 0.15) is 2.85 Å². The van der Waals surface area contributed by atoms with Crippen LogP contribution in [0.25, 0.3) is 0 Å². The average molecular weight is 215 g/mol. The first-order valence-corrected chi connectivity index (χ1v) is 0.651. The molecule has 0 bridgehead atoms. The summed E-state index contributed by atoms with van der Waals surface area (Å²) in [6.45, 7) is 0. The van der Waals surface area contributed by atoms with Crippen LogP contribution < -0.4 is 24.8 Å². The summed E-state index contributed by atoms with van der Waals surface area (Å²) < 4.78 is 0. The SMILES string of the molecule is O=C(O)O.[Ca+2].[Ca+2].[Cl-].[Cl-].[H-].[H-]. The fourth-order valence-corrected chi connectivity index (χ4v) is 0. The van der Waals surface area contributed by atoms with Crippen LogP contribution in [0.2, 0.25) is 0 Å². The van der Waals surface area contributed by atoms with Gasteiger partial charge in [-0.2, -0.15) is 0 Å². The van der Waals surface area contributed by atoms with Crippen molar-refractivity contribution < 1.29 is 42.7 Å². The van der Waals surface area contributed by atoms with Gasteiger partial charge in [-0.3, -0.25) is 0 Å². The van der Waals surface area contributed by atoms with Crippen molar-refractivity contribution in [2.45, 2.75) is 0 Å². The maximum absolute atomic E-state index is 8.56. The summed E-state index contributed by atoms with van der Waals surface area (Å²) in [4.78, 5) is 8.56. The molecule has 0 heterocycles. The summed E-state index contributed by atoms with van der Waals surface area (Å²) in [7, 11) is 0.